The smallest absolute Gasteiger partial charge is 0.253 e. The third kappa shape index (κ3) is 10.3. The number of nitrogens with one attached hydrogen (secondary N) is 2. The van der Waals surface area contributed by atoms with Gasteiger partial charge < -0.3 is 25.2 Å². The van der Waals surface area contributed by atoms with E-state index < -0.39 is 46.4 Å². The number of carbonyl (C=O) groups excluding carboxylic acids is 2. The number of hydrogen-bond acceptors (Lipinski definition) is 9. The van der Waals surface area contributed by atoms with Gasteiger partial charge in [0.05, 0.1) is 77.2 Å². The number of hydrogen-bond donors (Lipinski definition) is 3. The number of aromatic nitrogens is 6. The summed E-state index contributed by atoms with van der Waals surface area (Å²) in [5.41, 5.74) is 1.10. The minimum atomic E-state index is -1.97. The molecule has 10 rings (SSSR count). The normalized spacial score (nSPS) is 15.1. The molecule has 0 saturated heterocycles. The zero-order valence-electron chi connectivity index (χ0n) is 39.9. The van der Waals surface area contributed by atoms with Gasteiger partial charge in [-0.25, -0.2) is 41.0 Å². The lowest BCUT2D eigenvalue weighted by Gasteiger charge is -2.28. The molecule has 0 unspecified atom stereocenters. The van der Waals surface area contributed by atoms with Gasteiger partial charge in [-0.3, -0.25) is 9.59 Å². The predicted molar refractivity (Wildman–Crippen MR) is 270 cm³/mol. The lowest BCUT2D eigenvalue weighted by Crippen LogP contribution is -2.34. The van der Waals surface area contributed by atoms with Crippen molar-refractivity contribution < 1.29 is 46.1 Å². The van der Waals surface area contributed by atoms with Crippen LogP contribution in [0.15, 0.2) is 97.3 Å². The topological polar surface area (TPSA) is 157 Å². The maximum atomic E-state index is 15.6. The first-order chi connectivity index (χ1) is 33.3. The van der Waals surface area contributed by atoms with Gasteiger partial charge in [-0.2, -0.15) is 37.2 Å². The average molecular weight is 1030 g/mol. The fourth-order valence-electron chi connectivity index (χ4n) is 9.22. The van der Waals surface area contributed by atoms with E-state index in [1.165, 1.54) is 47.4 Å². The SMILES string of the molecule is Cc1nc2c(C(C)(C)F)c(C(=O)N[C@H]3CCOc4ccccc43)cnn2c1-c1cc(F)cc(F)c1.Cc1nc2c(C(C)(C)O)c(C(=O)N[C@H]3CCOc4ccccc43)cnn2c1-c1cc(F)cc(F)c1.S.S. The van der Waals surface area contributed by atoms with Gasteiger partial charge in [0.25, 0.3) is 11.8 Å². The summed E-state index contributed by atoms with van der Waals surface area (Å²) >= 11 is 0. The number of fused-ring (bicyclic) bond motifs is 4. The molecule has 2 amide bonds. The van der Waals surface area contributed by atoms with E-state index in [1.807, 2.05) is 48.5 Å². The van der Waals surface area contributed by atoms with Crippen molar-refractivity contribution in [2.45, 2.75) is 77.7 Å². The van der Waals surface area contributed by atoms with Crippen LogP contribution in [0.4, 0.5) is 22.0 Å². The number of para-hydroxylation sites is 2. The van der Waals surface area contributed by atoms with Gasteiger partial charge in [-0.15, -0.1) is 0 Å². The van der Waals surface area contributed by atoms with Gasteiger partial charge in [0.2, 0.25) is 0 Å². The van der Waals surface area contributed by atoms with Crippen molar-refractivity contribution in [2.75, 3.05) is 13.2 Å². The molecular formula is C52H51F5N8O5S2. The highest BCUT2D eigenvalue weighted by molar-refractivity contribution is 7.59. The van der Waals surface area contributed by atoms with Crippen molar-refractivity contribution in [3.05, 3.63) is 165 Å². The summed E-state index contributed by atoms with van der Waals surface area (Å²) in [4.78, 5) is 35.8. The molecule has 13 nitrogen and oxygen atoms in total. The zero-order valence-corrected chi connectivity index (χ0v) is 41.9. The molecule has 8 aromatic rings. The Labute approximate surface area is 424 Å². The molecule has 0 radical (unpaired) electrons. The molecule has 3 N–H and O–H groups in total. The first-order valence-electron chi connectivity index (χ1n) is 22.4. The van der Waals surface area contributed by atoms with Crippen molar-refractivity contribution in [1.29, 1.82) is 0 Å². The summed E-state index contributed by atoms with van der Waals surface area (Å²) in [6.07, 6.45) is 3.77. The van der Waals surface area contributed by atoms with Gasteiger partial charge in [0.15, 0.2) is 11.3 Å². The molecule has 0 aliphatic carbocycles. The second-order valence-electron chi connectivity index (χ2n) is 18.2. The Balaban J connectivity index is 0.000000206. The molecule has 0 fully saturated rings. The second kappa shape index (κ2) is 20.6. The molecule has 2 atom stereocenters. The average Bonchev–Trinajstić information content (AvgIpc) is 3.82. The Kier molecular flexibility index (Phi) is 15.1. The lowest BCUT2D eigenvalue weighted by atomic mass is 9.94. The van der Waals surface area contributed by atoms with E-state index in [9.17, 15) is 32.3 Å². The van der Waals surface area contributed by atoms with Crippen LogP contribution in [-0.4, -0.2) is 59.3 Å². The third-order valence-corrected chi connectivity index (χ3v) is 12.1. The van der Waals surface area contributed by atoms with E-state index in [-0.39, 0.29) is 83.8 Å². The van der Waals surface area contributed by atoms with Crippen LogP contribution in [0.25, 0.3) is 33.8 Å². The van der Waals surface area contributed by atoms with Crippen LogP contribution in [0.1, 0.15) is 107 Å². The lowest BCUT2D eigenvalue weighted by molar-refractivity contribution is 0.0747. The molecule has 2 aliphatic heterocycles. The number of aliphatic hydroxyl groups is 1. The van der Waals surface area contributed by atoms with Crippen molar-refractivity contribution in [1.82, 2.24) is 39.8 Å². The Morgan fingerprint density at radius 1 is 0.625 bits per heavy atom. The standard InChI is InChI=1S/C26H23F3N4O2.C26H24F2N4O3.2H2S/c1-14-23(15-10-16(27)12-17(28)11-15)33-24(31-14)22(26(2,3)29)19(13-30-33)25(34)32-20-8-9-35-21-7-5-4-6-18(20)21;1-14-23(15-10-16(27)12-17(28)11-15)32-24(30-14)22(26(2,3)34)19(13-29-32)25(33)31-20-8-9-35-21-7-5-4-6-18(20)21;;/h4-7,10-13,20H,8-9H2,1-3H3,(H,32,34);4-7,10-13,20,34H,8-9H2,1-3H3,(H,31,33);2*1H2/t2*20-;;/m00../s1. The van der Waals surface area contributed by atoms with Crippen LogP contribution in [-0.2, 0) is 11.3 Å². The summed E-state index contributed by atoms with van der Waals surface area (Å²) in [6.45, 7) is 9.98. The number of ether oxygens (including phenoxy) is 2. The van der Waals surface area contributed by atoms with Gasteiger partial charge >= 0.3 is 0 Å². The number of carbonyl (C=O) groups is 2. The number of benzene rings is 4. The van der Waals surface area contributed by atoms with E-state index in [4.69, 9.17) is 9.47 Å². The first-order valence-corrected chi connectivity index (χ1v) is 22.4. The predicted octanol–water partition coefficient (Wildman–Crippen LogP) is 10.1. The Morgan fingerprint density at radius 3 is 1.39 bits per heavy atom. The van der Waals surface area contributed by atoms with Gasteiger partial charge in [-0.05, 0) is 77.9 Å². The molecule has 6 heterocycles. The summed E-state index contributed by atoms with van der Waals surface area (Å²) in [7, 11) is 0. The van der Waals surface area contributed by atoms with Crippen LogP contribution < -0.4 is 20.1 Å². The van der Waals surface area contributed by atoms with Crippen molar-refractivity contribution in [3.63, 3.8) is 0 Å². The van der Waals surface area contributed by atoms with Gasteiger partial charge in [0.1, 0.15) is 40.4 Å². The minimum absolute atomic E-state index is 0. The van der Waals surface area contributed by atoms with E-state index in [2.05, 4.69) is 30.8 Å². The van der Waals surface area contributed by atoms with E-state index >= 15 is 4.39 Å². The molecule has 20 heteroatoms. The molecule has 0 bridgehead atoms. The van der Waals surface area contributed by atoms with Crippen molar-refractivity contribution in [2.24, 2.45) is 0 Å². The molecular weight excluding hydrogens is 976 g/mol. The minimum Gasteiger partial charge on any atom is -0.493 e. The summed E-state index contributed by atoms with van der Waals surface area (Å²) in [5, 5.41) is 25.8. The van der Waals surface area contributed by atoms with Crippen molar-refractivity contribution >= 4 is 50.1 Å². The highest BCUT2D eigenvalue weighted by Gasteiger charge is 2.35. The van der Waals surface area contributed by atoms with Crippen LogP contribution >= 0.6 is 27.0 Å². The van der Waals surface area contributed by atoms with E-state index in [0.29, 0.717) is 54.6 Å². The van der Waals surface area contributed by atoms with E-state index in [0.717, 1.165) is 41.1 Å². The highest BCUT2D eigenvalue weighted by atomic mass is 32.1. The molecule has 0 saturated carbocycles. The van der Waals surface area contributed by atoms with Crippen LogP contribution in [0.3, 0.4) is 0 Å². The molecule has 4 aromatic heterocycles. The second-order valence-corrected chi connectivity index (χ2v) is 18.2. The fourth-order valence-corrected chi connectivity index (χ4v) is 9.22. The van der Waals surface area contributed by atoms with Gasteiger partial charge in [0, 0.05) is 58.4 Å². The van der Waals surface area contributed by atoms with Crippen LogP contribution in [0.2, 0.25) is 0 Å². The molecule has 376 valence electrons. The maximum Gasteiger partial charge on any atom is 0.253 e. The number of rotatable bonds is 8. The third-order valence-electron chi connectivity index (χ3n) is 12.1. The number of aryl methyl sites for hydroxylation is 2. The number of amides is 2. The number of nitrogens with zero attached hydrogens (tertiary/aromatic N) is 6. The zero-order chi connectivity index (χ0) is 49.8. The quantitative estimate of drug-likeness (QED) is 0.126. The molecule has 4 aromatic carbocycles. The Hall–Kier alpha value is -7.03. The van der Waals surface area contributed by atoms with Crippen LogP contribution in [0.5, 0.6) is 11.5 Å². The van der Waals surface area contributed by atoms with Gasteiger partial charge in [-0.1, -0.05) is 36.4 Å². The van der Waals surface area contributed by atoms with Crippen LogP contribution in [0, 0.1) is 37.1 Å². The molecule has 0 spiro atoms. The molecule has 2 aliphatic rings. The largest absolute Gasteiger partial charge is 0.493 e. The number of halogens is 5. The fraction of sp³-hybridized carbons (Fsp3) is 0.269. The Bertz CT molecular complexity index is 3110. The number of alkyl halides is 1. The summed E-state index contributed by atoms with van der Waals surface area (Å²) in [5.74, 6) is -2.48. The van der Waals surface area contributed by atoms with E-state index in [1.54, 1.807) is 27.7 Å². The first kappa shape index (κ1) is 52.8. The molecule has 72 heavy (non-hydrogen) atoms. The maximum absolute atomic E-state index is 15.6. The number of imidazole rings is 2. The highest BCUT2D eigenvalue weighted by Crippen LogP contribution is 2.38. The summed E-state index contributed by atoms with van der Waals surface area (Å²) in [6, 6.07) is 20.6. The summed E-state index contributed by atoms with van der Waals surface area (Å²) < 4.78 is 85.3. The van der Waals surface area contributed by atoms with Crippen molar-refractivity contribution in [3.8, 4) is 34.0 Å². The Morgan fingerprint density at radius 2 is 1.00 bits per heavy atom. The monoisotopic (exact) mass is 1030 g/mol.